The van der Waals surface area contributed by atoms with E-state index in [0.717, 1.165) is 0 Å². The Hall–Kier alpha value is 0.620. The van der Waals surface area contributed by atoms with Gasteiger partial charge in [0.1, 0.15) is 0 Å². The van der Waals surface area contributed by atoms with Gasteiger partial charge < -0.3 is 0 Å². The lowest BCUT2D eigenvalue weighted by Gasteiger charge is -2.05. The van der Waals surface area contributed by atoms with Crippen LogP contribution in [0.25, 0.3) is 0 Å². The summed E-state index contributed by atoms with van der Waals surface area (Å²) in [7, 11) is 0. The first-order chi connectivity index (χ1) is 21.8. The molecule has 2 aliphatic heterocycles. The predicted octanol–water partition coefficient (Wildman–Crippen LogP) is 17.3. The van der Waals surface area contributed by atoms with Crippen molar-refractivity contribution < 1.29 is 0 Å². The average molecular weight is 681 g/mol. The zero-order valence-electron chi connectivity index (χ0n) is 29.4. The highest BCUT2D eigenvalue weighted by Crippen LogP contribution is 2.56. The summed E-state index contributed by atoms with van der Waals surface area (Å²) < 4.78 is 3.11. The molecule has 0 aromatic rings. The number of hydrogen-bond donors (Lipinski definition) is 0. The van der Waals surface area contributed by atoms with Crippen molar-refractivity contribution in [2.75, 3.05) is 0 Å². The number of hydrogen-bond acceptors (Lipinski definition) is 4. The van der Waals surface area contributed by atoms with Gasteiger partial charge in [0.05, 0.1) is 8.47 Å². The van der Waals surface area contributed by atoms with Crippen LogP contribution in [0.4, 0.5) is 0 Å². The Morgan fingerprint density at radius 3 is 0.795 bits per heavy atom. The molecule has 0 aromatic carbocycles. The van der Waals surface area contributed by atoms with E-state index in [4.69, 9.17) is 0 Å². The van der Waals surface area contributed by atoms with Gasteiger partial charge in [-0.05, 0) is 46.3 Å². The van der Waals surface area contributed by atoms with Gasteiger partial charge in [-0.25, -0.2) is 0 Å². The van der Waals surface area contributed by atoms with E-state index in [9.17, 15) is 0 Å². The molecule has 0 aromatic heterocycles. The van der Waals surface area contributed by atoms with Crippen molar-refractivity contribution in [3.05, 3.63) is 29.1 Å². The van der Waals surface area contributed by atoms with Crippen LogP contribution in [-0.2, 0) is 0 Å². The molecule has 0 amide bonds. The van der Waals surface area contributed by atoms with Crippen LogP contribution in [0.2, 0.25) is 0 Å². The Morgan fingerprint density at radius 2 is 0.545 bits per heavy atom. The highest BCUT2D eigenvalue weighted by atomic mass is 32.2. The zero-order valence-corrected chi connectivity index (χ0v) is 32.7. The maximum Gasteiger partial charge on any atom is 0.0697 e. The van der Waals surface area contributed by atoms with Crippen molar-refractivity contribution in [1.82, 2.24) is 0 Å². The fourth-order valence-corrected chi connectivity index (χ4v) is 11.4. The van der Waals surface area contributed by atoms with E-state index in [1.54, 1.807) is 18.3 Å². The van der Waals surface area contributed by atoms with Crippen LogP contribution in [0, 0.1) is 0 Å². The molecule has 0 nitrogen and oxygen atoms in total. The standard InChI is InChI=1S/C40H72S4/c1-3-5-7-9-11-13-15-17-19-21-23-25-27-29-31-33-37-35-41-39(43-37)40-42-36-38(44-40)34-32-30-28-26-24-22-20-18-16-14-12-10-8-6-4-2/h35-36H,3-34H2,1-2H3. The third kappa shape index (κ3) is 23.0. The van der Waals surface area contributed by atoms with Crippen molar-refractivity contribution >= 4 is 47.0 Å². The topological polar surface area (TPSA) is 0 Å². The normalized spacial score (nSPS) is 16.7. The minimum absolute atomic E-state index is 1.29. The molecular weight excluding hydrogens is 609 g/mol. The molecule has 256 valence electrons. The summed E-state index contributed by atoms with van der Waals surface area (Å²) in [6.07, 6.45) is 46.0. The van der Waals surface area contributed by atoms with Gasteiger partial charge in [-0.1, -0.05) is 241 Å². The first-order valence-electron chi connectivity index (χ1n) is 19.6. The third-order valence-electron chi connectivity index (χ3n) is 9.26. The molecule has 0 N–H and O–H groups in total. The van der Waals surface area contributed by atoms with E-state index in [1.165, 1.54) is 205 Å². The molecule has 0 fully saturated rings. The summed E-state index contributed by atoms with van der Waals surface area (Å²) in [5, 5.41) is 4.90. The first kappa shape index (κ1) is 40.8. The van der Waals surface area contributed by atoms with Crippen LogP contribution in [0.15, 0.2) is 29.1 Å². The number of unbranched alkanes of at least 4 members (excludes halogenated alkanes) is 28. The summed E-state index contributed by atoms with van der Waals surface area (Å²) in [6, 6.07) is 0. The SMILES string of the molecule is CCCCCCCCCCCCCCCCCC1=CSC(=C2SC=C(CCCCCCCCCCCCCCCCC)S2)S1. The highest BCUT2D eigenvalue weighted by molar-refractivity contribution is 8.33. The van der Waals surface area contributed by atoms with Crippen LogP contribution < -0.4 is 0 Å². The van der Waals surface area contributed by atoms with Gasteiger partial charge in [-0.2, -0.15) is 0 Å². The second-order valence-corrected chi connectivity index (χ2v) is 18.1. The van der Waals surface area contributed by atoms with Crippen molar-refractivity contribution in [3.63, 3.8) is 0 Å². The first-order valence-corrected chi connectivity index (χ1v) is 23.0. The molecule has 0 aliphatic carbocycles. The Labute approximate surface area is 293 Å². The summed E-state index contributed by atoms with van der Waals surface area (Å²) in [5.41, 5.74) is 0. The predicted molar refractivity (Wildman–Crippen MR) is 213 cm³/mol. The summed E-state index contributed by atoms with van der Waals surface area (Å²) in [5.74, 6) is 0. The summed E-state index contributed by atoms with van der Waals surface area (Å²) >= 11 is 8.13. The van der Waals surface area contributed by atoms with E-state index in [2.05, 4.69) is 48.2 Å². The quantitative estimate of drug-likeness (QED) is 0.0648. The van der Waals surface area contributed by atoms with Crippen molar-refractivity contribution in [2.45, 2.75) is 219 Å². The van der Waals surface area contributed by atoms with Gasteiger partial charge in [0, 0.05) is 0 Å². The number of allylic oxidation sites excluding steroid dienone is 2. The Balaban J connectivity index is 1.33. The van der Waals surface area contributed by atoms with Crippen LogP contribution in [0.1, 0.15) is 219 Å². The Kier molecular flexibility index (Phi) is 28.7. The van der Waals surface area contributed by atoms with E-state index < -0.39 is 0 Å². The molecule has 2 rings (SSSR count). The molecule has 4 heteroatoms. The minimum Gasteiger partial charge on any atom is -0.0881 e. The lowest BCUT2D eigenvalue weighted by molar-refractivity contribution is 0.532. The monoisotopic (exact) mass is 680 g/mol. The van der Waals surface area contributed by atoms with E-state index in [-0.39, 0.29) is 0 Å². The Bertz CT molecular complexity index is 690. The largest absolute Gasteiger partial charge is 0.0881 e. The van der Waals surface area contributed by atoms with Crippen molar-refractivity contribution in [1.29, 1.82) is 0 Å². The Morgan fingerprint density at radius 1 is 0.318 bits per heavy atom. The molecule has 2 aliphatic rings. The van der Waals surface area contributed by atoms with Gasteiger partial charge in [0.25, 0.3) is 0 Å². The molecule has 0 spiro atoms. The number of rotatable bonds is 32. The molecule has 44 heavy (non-hydrogen) atoms. The second-order valence-electron chi connectivity index (χ2n) is 13.6. The van der Waals surface area contributed by atoms with Crippen LogP contribution in [0.3, 0.4) is 0 Å². The molecule has 0 saturated heterocycles. The molecular formula is C40H72S4. The van der Waals surface area contributed by atoms with Gasteiger partial charge in [0.2, 0.25) is 0 Å². The lowest BCUT2D eigenvalue weighted by atomic mass is 10.0. The highest BCUT2D eigenvalue weighted by Gasteiger charge is 2.21. The van der Waals surface area contributed by atoms with Gasteiger partial charge in [-0.3, -0.25) is 0 Å². The zero-order chi connectivity index (χ0) is 31.2. The molecule has 0 bridgehead atoms. The van der Waals surface area contributed by atoms with Crippen LogP contribution in [0.5, 0.6) is 0 Å². The molecule has 0 radical (unpaired) electrons. The van der Waals surface area contributed by atoms with Crippen molar-refractivity contribution in [3.8, 4) is 0 Å². The van der Waals surface area contributed by atoms with E-state index >= 15 is 0 Å². The second kappa shape index (κ2) is 30.9. The van der Waals surface area contributed by atoms with Crippen LogP contribution >= 0.6 is 47.0 Å². The van der Waals surface area contributed by atoms with E-state index in [0.29, 0.717) is 0 Å². The summed E-state index contributed by atoms with van der Waals surface area (Å²) in [6.45, 7) is 4.61. The third-order valence-corrected chi connectivity index (χ3v) is 14.7. The van der Waals surface area contributed by atoms with Gasteiger partial charge >= 0.3 is 0 Å². The van der Waals surface area contributed by atoms with Crippen molar-refractivity contribution in [2.24, 2.45) is 0 Å². The summed E-state index contributed by atoms with van der Waals surface area (Å²) in [4.78, 5) is 3.23. The molecule has 0 atom stereocenters. The lowest BCUT2D eigenvalue weighted by Crippen LogP contribution is -1.84. The smallest absolute Gasteiger partial charge is 0.0697 e. The van der Waals surface area contributed by atoms with Gasteiger partial charge in [-0.15, -0.1) is 0 Å². The fraction of sp³-hybridized carbons (Fsp3) is 0.850. The average Bonchev–Trinajstić information content (AvgIpc) is 3.71. The molecule has 0 unspecified atom stereocenters. The maximum atomic E-state index is 2.45. The maximum absolute atomic E-state index is 2.45. The van der Waals surface area contributed by atoms with E-state index in [1.807, 2.05) is 23.5 Å². The molecule has 0 saturated carbocycles. The number of thioether (sulfide) groups is 4. The fourth-order valence-electron chi connectivity index (χ4n) is 6.31. The molecule has 2 heterocycles. The van der Waals surface area contributed by atoms with Gasteiger partial charge in [0.15, 0.2) is 0 Å². The van der Waals surface area contributed by atoms with Crippen LogP contribution in [-0.4, -0.2) is 0 Å². The minimum atomic E-state index is 1.29.